The van der Waals surface area contributed by atoms with Crippen LogP contribution in [0.1, 0.15) is 26.2 Å². The van der Waals surface area contributed by atoms with Gasteiger partial charge in [0.05, 0.1) is 6.61 Å². The minimum atomic E-state index is -0.268. The Kier molecular flexibility index (Phi) is 7.11. The summed E-state index contributed by atoms with van der Waals surface area (Å²) >= 11 is 0. The van der Waals surface area contributed by atoms with Gasteiger partial charge in [-0.15, -0.1) is 0 Å². The predicted octanol–water partition coefficient (Wildman–Crippen LogP) is 3.03. The molecule has 1 aliphatic carbocycles. The van der Waals surface area contributed by atoms with Gasteiger partial charge in [-0.3, -0.25) is 0 Å². The van der Waals surface area contributed by atoms with Crippen LogP contribution in [0.5, 0.6) is 0 Å². The third kappa shape index (κ3) is 6.40. The van der Waals surface area contributed by atoms with Crippen molar-refractivity contribution in [3.8, 4) is 0 Å². The van der Waals surface area contributed by atoms with Crippen molar-refractivity contribution >= 4 is 5.97 Å². The second kappa shape index (κ2) is 8.70. The summed E-state index contributed by atoms with van der Waals surface area (Å²) in [5.74, 6) is 0.273. The van der Waals surface area contributed by atoms with Crippen LogP contribution in [0, 0.1) is 5.92 Å². The number of methoxy groups -OCH3 is 1. The van der Waals surface area contributed by atoms with Crippen LogP contribution in [-0.4, -0.2) is 26.3 Å². The lowest BCUT2D eigenvalue weighted by molar-refractivity contribution is -0.137. The van der Waals surface area contributed by atoms with E-state index in [1.54, 1.807) is 7.11 Å². The quantitative estimate of drug-likeness (QED) is 0.396. The molecule has 0 saturated carbocycles. The Labute approximate surface area is 109 Å². The lowest BCUT2D eigenvalue weighted by atomic mass is 9.96. The van der Waals surface area contributed by atoms with Crippen LogP contribution < -0.4 is 0 Å². The van der Waals surface area contributed by atoms with Gasteiger partial charge in [-0.1, -0.05) is 31.2 Å². The number of esters is 1. The van der Waals surface area contributed by atoms with Gasteiger partial charge in [-0.05, 0) is 30.8 Å². The molecule has 1 atom stereocenters. The van der Waals surface area contributed by atoms with E-state index in [0.717, 1.165) is 19.3 Å². The standard InChI is InChI=1S/C15H22O3/c1-13-6-5-7-14(12-13)8-9-15(16)18-11-4-3-10-17-2/h5-9,13H,3-4,10-12H2,1-2H3/b9-8+. The minimum Gasteiger partial charge on any atom is -0.463 e. The van der Waals surface area contributed by atoms with Gasteiger partial charge in [0.25, 0.3) is 0 Å². The number of ether oxygens (including phenoxy) is 2. The molecule has 1 rings (SSSR count). The SMILES string of the molecule is COCCCCOC(=O)/C=C/C1=CC=CC(C)C1. The highest BCUT2D eigenvalue weighted by atomic mass is 16.5. The second-order valence-corrected chi connectivity index (χ2v) is 4.51. The first-order valence-electron chi connectivity index (χ1n) is 6.43. The molecule has 3 nitrogen and oxygen atoms in total. The molecular weight excluding hydrogens is 228 g/mol. The zero-order valence-corrected chi connectivity index (χ0v) is 11.2. The first-order valence-corrected chi connectivity index (χ1v) is 6.43. The summed E-state index contributed by atoms with van der Waals surface area (Å²) < 4.78 is 10.00. The van der Waals surface area contributed by atoms with Crippen molar-refractivity contribution in [3.05, 3.63) is 36.0 Å². The highest BCUT2D eigenvalue weighted by Crippen LogP contribution is 2.18. The van der Waals surface area contributed by atoms with Gasteiger partial charge < -0.3 is 9.47 Å². The van der Waals surface area contributed by atoms with Crippen molar-refractivity contribution in [3.63, 3.8) is 0 Å². The first kappa shape index (κ1) is 14.7. The maximum atomic E-state index is 11.4. The molecular formula is C15H22O3. The van der Waals surface area contributed by atoms with E-state index in [4.69, 9.17) is 9.47 Å². The average molecular weight is 250 g/mol. The van der Waals surface area contributed by atoms with Crippen molar-refractivity contribution < 1.29 is 14.3 Å². The molecule has 0 heterocycles. The van der Waals surface area contributed by atoms with Crippen LogP contribution in [0.3, 0.4) is 0 Å². The summed E-state index contributed by atoms with van der Waals surface area (Å²) in [6, 6.07) is 0. The second-order valence-electron chi connectivity index (χ2n) is 4.51. The monoisotopic (exact) mass is 250 g/mol. The van der Waals surface area contributed by atoms with E-state index in [1.807, 2.05) is 18.2 Å². The number of hydrogen-bond acceptors (Lipinski definition) is 3. The molecule has 100 valence electrons. The maximum absolute atomic E-state index is 11.4. The largest absolute Gasteiger partial charge is 0.463 e. The third-order valence-electron chi connectivity index (χ3n) is 2.73. The van der Waals surface area contributed by atoms with Gasteiger partial charge in [-0.25, -0.2) is 4.79 Å². The molecule has 0 bridgehead atoms. The number of rotatable bonds is 7. The van der Waals surface area contributed by atoms with E-state index in [-0.39, 0.29) is 5.97 Å². The summed E-state index contributed by atoms with van der Waals surface area (Å²) in [4.78, 5) is 11.4. The van der Waals surface area contributed by atoms with Gasteiger partial charge in [0.1, 0.15) is 0 Å². The van der Waals surface area contributed by atoms with Crippen LogP contribution in [0.25, 0.3) is 0 Å². The van der Waals surface area contributed by atoms with E-state index in [2.05, 4.69) is 13.0 Å². The Morgan fingerprint density at radius 1 is 1.44 bits per heavy atom. The fourth-order valence-electron chi connectivity index (χ4n) is 1.74. The zero-order valence-electron chi connectivity index (χ0n) is 11.2. The predicted molar refractivity (Wildman–Crippen MR) is 72.2 cm³/mol. The molecule has 0 fully saturated rings. The Morgan fingerprint density at radius 3 is 2.94 bits per heavy atom. The Bertz CT molecular complexity index is 340. The van der Waals surface area contributed by atoms with E-state index in [9.17, 15) is 4.79 Å². The lowest BCUT2D eigenvalue weighted by Crippen LogP contribution is -2.04. The molecule has 0 radical (unpaired) electrons. The van der Waals surface area contributed by atoms with Crippen molar-refractivity contribution in [1.82, 2.24) is 0 Å². The Balaban J connectivity index is 2.19. The number of carbonyl (C=O) groups is 1. The van der Waals surface area contributed by atoms with Gasteiger partial charge in [-0.2, -0.15) is 0 Å². The van der Waals surface area contributed by atoms with E-state index < -0.39 is 0 Å². The minimum absolute atomic E-state index is 0.268. The van der Waals surface area contributed by atoms with Crippen molar-refractivity contribution in [1.29, 1.82) is 0 Å². The summed E-state index contributed by atoms with van der Waals surface area (Å²) in [5, 5.41) is 0. The van der Waals surface area contributed by atoms with Gasteiger partial charge in [0, 0.05) is 19.8 Å². The number of unbranched alkanes of at least 4 members (excludes halogenated alkanes) is 1. The van der Waals surface area contributed by atoms with Crippen LogP contribution >= 0.6 is 0 Å². The molecule has 0 spiro atoms. The van der Waals surface area contributed by atoms with Crippen LogP contribution in [0.2, 0.25) is 0 Å². The molecule has 0 aliphatic heterocycles. The molecule has 0 N–H and O–H groups in total. The lowest BCUT2D eigenvalue weighted by Gasteiger charge is -2.10. The highest BCUT2D eigenvalue weighted by Gasteiger charge is 2.04. The average Bonchev–Trinajstić information content (AvgIpc) is 2.36. The summed E-state index contributed by atoms with van der Waals surface area (Å²) in [5.41, 5.74) is 1.17. The molecule has 0 aromatic heterocycles. The number of allylic oxidation sites excluding steroid dienone is 5. The Hall–Kier alpha value is -1.35. The third-order valence-corrected chi connectivity index (χ3v) is 2.73. The molecule has 0 amide bonds. The van der Waals surface area contributed by atoms with Crippen LogP contribution in [0.15, 0.2) is 36.0 Å². The normalized spacial score (nSPS) is 19.0. The van der Waals surface area contributed by atoms with Gasteiger partial charge >= 0.3 is 5.97 Å². The maximum Gasteiger partial charge on any atom is 0.330 e. The number of carbonyl (C=O) groups excluding carboxylic acids is 1. The Morgan fingerprint density at radius 2 is 2.22 bits per heavy atom. The van der Waals surface area contributed by atoms with Crippen molar-refractivity contribution in [2.45, 2.75) is 26.2 Å². The van der Waals surface area contributed by atoms with Crippen molar-refractivity contribution in [2.75, 3.05) is 20.3 Å². The molecule has 0 aromatic rings. The summed E-state index contributed by atoms with van der Waals surface area (Å²) in [6.07, 6.45) is 12.3. The van der Waals surface area contributed by atoms with Crippen LogP contribution in [0.4, 0.5) is 0 Å². The molecule has 18 heavy (non-hydrogen) atoms. The fraction of sp³-hybridized carbons (Fsp3) is 0.533. The van der Waals surface area contributed by atoms with Crippen LogP contribution in [-0.2, 0) is 14.3 Å². The molecule has 3 heteroatoms. The van der Waals surface area contributed by atoms with Crippen molar-refractivity contribution in [2.24, 2.45) is 5.92 Å². The fourth-order valence-corrected chi connectivity index (χ4v) is 1.74. The summed E-state index contributed by atoms with van der Waals surface area (Å²) in [7, 11) is 1.67. The topological polar surface area (TPSA) is 35.5 Å². The first-order chi connectivity index (χ1) is 8.72. The zero-order chi connectivity index (χ0) is 13.2. The summed E-state index contributed by atoms with van der Waals surface area (Å²) in [6.45, 7) is 3.33. The smallest absolute Gasteiger partial charge is 0.330 e. The molecule has 0 saturated heterocycles. The molecule has 1 aliphatic rings. The van der Waals surface area contributed by atoms with E-state index in [1.165, 1.54) is 11.6 Å². The van der Waals surface area contributed by atoms with E-state index >= 15 is 0 Å². The molecule has 1 unspecified atom stereocenters. The van der Waals surface area contributed by atoms with Gasteiger partial charge in [0.2, 0.25) is 0 Å². The number of hydrogen-bond donors (Lipinski definition) is 0. The highest BCUT2D eigenvalue weighted by molar-refractivity contribution is 5.82. The molecule has 0 aromatic carbocycles. The van der Waals surface area contributed by atoms with Gasteiger partial charge in [0.15, 0.2) is 0 Å². The van der Waals surface area contributed by atoms with E-state index in [0.29, 0.717) is 19.1 Å².